The fourth-order valence-electron chi connectivity index (χ4n) is 0.705. The first kappa shape index (κ1) is 11.0. The van der Waals surface area contributed by atoms with E-state index in [0.717, 1.165) is 0 Å². The number of hydrogen-bond donors (Lipinski definition) is 3. The zero-order chi connectivity index (χ0) is 9.40. The number of nitrogens with two attached hydrogens (primary N) is 1. The van der Waals surface area contributed by atoms with Gasteiger partial charge in [0, 0.05) is 19.5 Å². The molecular formula is C8H14N2O2. The minimum absolute atomic E-state index is 0.106. The van der Waals surface area contributed by atoms with Crippen LogP contribution in [0.4, 0.5) is 0 Å². The quantitative estimate of drug-likeness (QED) is 0.380. The molecule has 1 atom stereocenters. The van der Waals surface area contributed by atoms with Crippen LogP contribution in [0.3, 0.4) is 0 Å². The van der Waals surface area contributed by atoms with Crippen LogP contribution < -0.4 is 11.1 Å². The van der Waals surface area contributed by atoms with E-state index < -0.39 is 12.0 Å². The van der Waals surface area contributed by atoms with Crippen LogP contribution in [0.2, 0.25) is 0 Å². The maximum atomic E-state index is 10.4. The summed E-state index contributed by atoms with van der Waals surface area (Å²) in [6, 6.07) is -0.649. The topological polar surface area (TPSA) is 75.3 Å². The van der Waals surface area contributed by atoms with E-state index in [1.807, 2.05) is 0 Å². The summed E-state index contributed by atoms with van der Waals surface area (Å²) < 4.78 is 0. The van der Waals surface area contributed by atoms with Gasteiger partial charge in [0.1, 0.15) is 6.04 Å². The van der Waals surface area contributed by atoms with Crippen LogP contribution >= 0.6 is 0 Å². The SMILES string of the molecule is CC#CCCNC(CN)C(=O)O. The minimum Gasteiger partial charge on any atom is -0.480 e. The monoisotopic (exact) mass is 170 g/mol. The van der Waals surface area contributed by atoms with Crippen LogP contribution in [0.15, 0.2) is 0 Å². The Balaban J connectivity index is 3.56. The van der Waals surface area contributed by atoms with Gasteiger partial charge in [0.25, 0.3) is 0 Å². The number of rotatable bonds is 5. The number of nitrogens with one attached hydrogen (secondary N) is 1. The van der Waals surface area contributed by atoms with Gasteiger partial charge in [0.05, 0.1) is 0 Å². The summed E-state index contributed by atoms with van der Waals surface area (Å²) in [5.74, 6) is 4.63. The Bertz CT molecular complexity index is 193. The van der Waals surface area contributed by atoms with Crippen molar-refractivity contribution in [3.63, 3.8) is 0 Å². The molecule has 0 spiro atoms. The van der Waals surface area contributed by atoms with Gasteiger partial charge >= 0.3 is 5.97 Å². The van der Waals surface area contributed by atoms with Gasteiger partial charge in [-0.2, -0.15) is 0 Å². The number of carboxylic acids is 1. The van der Waals surface area contributed by atoms with Crippen LogP contribution in [0.25, 0.3) is 0 Å². The van der Waals surface area contributed by atoms with Crippen LogP contribution in [0, 0.1) is 11.8 Å². The van der Waals surface area contributed by atoms with Crippen LogP contribution in [0.1, 0.15) is 13.3 Å². The van der Waals surface area contributed by atoms with E-state index in [4.69, 9.17) is 10.8 Å². The van der Waals surface area contributed by atoms with E-state index in [2.05, 4.69) is 17.2 Å². The molecule has 4 nitrogen and oxygen atoms in total. The normalized spacial score (nSPS) is 11.5. The van der Waals surface area contributed by atoms with Crippen molar-refractivity contribution in [2.45, 2.75) is 19.4 Å². The van der Waals surface area contributed by atoms with E-state index >= 15 is 0 Å². The minimum atomic E-state index is -0.915. The predicted octanol–water partition coefficient (Wildman–Crippen LogP) is -0.599. The first-order valence-electron chi connectivity index (χ1n) is 3.78. The lowest BCUT2D eigenvalue weighted by Gasteiger charge is -2.09. The van der Waals surface area contributed by atoms with Gasteiger partial charge in [-0.15, -0.1) is 11.8 Å². The summed E-state index contributed by atoms with van der Waals surface area (Å²) in [6.07, 6.45) is 0.653. The molecule has 12 heavy (non-hydrogen) atoms. The summed E-state index contributed by atoms with van der Waals surface area (Å²) in [5.41, 5.74) is 5.21. The summed E-state index contributed by atoms with van der Waals surface area (Å²) >= 11 is 0. The highest BCUT2D eigenvalue weighted by Gasteiger charge is 2.12. The number of hydrogen-bond acceptors (Lipinski definition) is 3. The molecule has 0 aliphatic heterocycles. The largest absolute Gasteiger partial charge is 0.480 e. The lowest BCUT2D eigenvalue weighted by molar-refractivity contribution is -0.139. The third-order valence-electron chi connectivity index (χ3n) is 1.35. The van der Waals surface area contributed by atoms with E-state index in [9.17, 15) is 4.79 Å². The van der Waals surface area contributed by atoms with E-state index in [0.29, 0.717) is 13.0 Å². The van der Waals surface area contributed by atoms with Gasteiger partial charge < -0.3 is 16.2 Å². The second-order valence-corrected chi connectivity index (χ2v) is 2.26. The molecule has 4 N–H and O–H groups in total. The van der Waals surface area contributed by atoms with E-state index in [1.165, 1.54) is 0 Å². The third-order valence-corrected chi connectivity index (χ3v) is 1.35. The van der Waals surface area contributed by atoms with Crippen LogP contribution in [-0.2, 0) is 4.79 Å². The van der Waals surface area contributed by atoms with Crippen molar-refractivity contribution in [3.05, 3.63) is 0 Å². The van der Waals surface area contributed by atoms with Crippen molar-refractivity contribution < 1.29 is 9.90 Å². The molecule has 0 aromatic rings. The Morgan fingerprint density at radius 1 is 1.75 bits per heavy atom. The molecule has 0 amide bonds. The summed E-state index contributed by atoms with van der Waals surface area (Å²) in [6.45, 7) is 2.42. The highest BCUT2D eigenvalue weighted by Crippen LogP contribution is 1.81. The molecule has 1 unspecified atom stereocenters. The smallest absolute Gasteiger partial charge is 0.322 e. The third kappa shape index (κ3) is 4.72. The van der Waals surface area contributed by atoms with Gasteiger partial charge in [-0.25, -0.2) is 0 Å². The molecule has 4 heteroatoms. The molecule has 0 fully saturated rings. The second-order valence-electron chi connectivity index (χ2n) is 2.26. The fraction of sp³-hybridized carbons (Fsp3) is 0.625. The summed E-state index contributed by atoms with van der Waals surface area (Å²) in [5, 5.41) is 11.3. The average molecular weight is 170 g/mol. The van der Waals surface area contributed by atoms with Crippen molar-refractivity contribution in [1.29, 1.82) is 0 Å². The number of carboxylic acid groups (broad SMARTS) is 1. The van der Waals surface area contributed by atoms with Gasteiger partial charge in [0.15, 0.2) is 0 Å². The van der Waals surface area contributed by atoms with Gasteiger partial charge in [-0.3, -0.25) is 4.79 Å². The Kier molecular flexibility index (Phi) is 6.07. The Hall–Kier alpha value is -1.05. The Morgan fingerprint density at radius 3 is 2.83 bits per heavy atom. The fourth-order valence-corrected chi connectivity index (χ4v) is 0.705. The molecule has 0 heterocycles. The lowest BCUT2D eigenvalue weighted by atomic mass is 10.3. The Morgan fingerprint density at radius 2 is 2.42 bits per heavy atom. The molecule has 0 saturated heterocycles. The number of aliphatic carboxylic acids is 1. The maximum absolute atomic E-state index is 10.4. The second kappa shape index (κ2) is 6.65. The van der Waals surface area contributed by atoms with Gasteiger partial charge in [-0.05, 0) is 6.92 Å². The van der Waals surface area contributed by atoms with Crippen LogP contribution in [0.5, 0.6) is 0 Å². The van der Waals surface area contributed by atoms with Gasteiger partial charge in [-0.1, -0.05) is 0 Å². The van der Waals surface area contributed by atoms with Crippen molar-refractivity contribution >= 4 is 5.97 Å². The summed E-state index contributed by atoms with van der Waals surface area (Å²) in [4.78, 5) is 10.4. The molecule has 68 valence electrons. The molecule has 0 rings (SSSR count). The first-order chi connectivity index (χ1) is 5.72. The lowest BCUT2D eigenvalue weighted by Crippen LogP contribution is -2.42. The van der Waals surface area contributed by atoms with E-state index in [-0.39, 0.29) is 6.54 Å². The summed E-state index contributed by atoms with van der Waals surface area (Å²) in [7, 11) is 0. The van der Waals surface area contributed by atoms with Crippen molar-refractivity contribution in [1.82, 2.24) is 5.32 Å². The van der Waals surface area contributed by atoms with Crippen molar-refractivity contribution in [2.24, 2.45) is 5.73 Å². The standard InChI is InChI=1S/C8H14N2O2/c1-2-3-4-5-10-7(6-9)8(11)12/h7,10H,4-6,9H2,1H3,(H,11,12). The molecule has 0 saturated carbocycles. The number of carbonyl (C=O) groups is 1. The van der Waals surface area contributed by atoms with Crippen LogP contribution in [-0.4, -0.2) is 30.2 Å². The zero-order valence-corrected chi connectivity index (χ0v) is 7.13. The predicted molar refractivity (Wildman–Crippen MR) is 46.5 cm³/mol. The average Bonchev–Trinajstić information content (AvgIpc) is 2.04. The highest BCUT2D eigenvalue weighted by atomic mass is 16.4. The highest BCUT2D eigenvalue weighted by molar-refractivity contribution is 5.73. The molecule has 0 aliphatic rings. The van der Waals surface area contributed by atoms with Gasteiger partial charge in [0.2, 0.25) is 0 Å². The molecule has 0 aliphatic carbocycles. The molecule has 0 bridgehead atoms. The molecular weight excluding hydrogens is 156 g/mol. The van der Waals surface area contributed by atoms with E-state index in [1.54, 1.807) is 6.92 Å². The molecule has 0 aromatic heterocycles. The first-order valence-corrected chi connectivity index (χ1v) is 3.78. The molecule has 0 aromatic carbocycles. The molecule has 0 radical (unpaired) electrons. The van der Waals surface area contributed by atoms with Crippen molar-refractivity contribution in [2.75, 3.05) is 13.1 Å². The zero-order valence-electron chi connectivity index (χ0n) is 7.13. The maximum Gasteiger partial charge on any atom is 0.322 e. The van der Waals surface area contributed by atoms with Crippen molar-refractivity contribution in [3.8, 4) is 11.8 Å². The Labute approximate surface area is 72.1 Å².